The smallest absolute Gasteiger partial charge is 0.174 e. The van der Waals surface area contributed by atoms with Crippen LogP contribution in [0.5, 0.6) is 0 Å². The van der Waals surface area contributed by atoms with Crippen LogP contribution in [-0.2, 0) is 0 Å². The predicted octanol–water partition coefficient (Wildman–Crippen LogP) is 5.87. The molecule has 0 saturated carbocycles. The highest BCUT2D eigenvalue weighted by Gasteiger charge is 2.42. The number of thiocarbonyl (C=S) groups is 1. The van der Waals surface area contributed by atoms with Crippen LogP contribution >= 0.6 is 12.2 Å². The highest BCUT2D eigenvalue weighted by molar-refractivity contribution is 7.80. The molecule has 2 atom stereocenters. The number of aryl methyl sites for hydroxylation is 3. The van der Waals surface area contributed by atoms with Crippen molar-refractivity contribution in [1.82, 2.24) is 14.9 Å². The standard InChI is InChI=1S/C25H30N4S/c1-15(2)28-18(5)14-21(19(28)6)24-23(22-9-7-8-12-26-22)27-25(30)29(24)20-11-10-16(3)17(4)13-20/h7-15,23-24H,1-6H3,(H,27,30)/t23-,24-/m1/s1. The zero-order valence-electron chi connectivity index (χ0n) is 18.6. The number of pyridine rings is 1. The summed E-state index contributed by atoms with van der Waals surface area (Å²) in [5.41, 5.74) is 8.53. The molecule has 0 unspecified atom stereocenters. The van der Waals surface area contributed by atoms with Crippen LogP contribution < -0.4 is 10.2 Å². The molecule has 1 aliphatic rings. The van der Waals surface area contributed by atoms with Crippen LogP contribution in [-0.4, -0.2) is 14.7 Å². The molecule has 3 heterocycles. The first-order valence-corrected chi connectivity index (χ1v) is 11.0. The van der Waals surface area contributed by atoms with E-state index in [0.29, 0.717) is 6.04 Å². The van der Waals surface area contributed by atoms with Gasteiger partial charge in [-0.05, 0) is 101 Å². The summed E-state index contributed by atoms with van der Waals surface area (Å²) < 4.78 is 2.41. The lowest BCUT2D eigenvalue weighted by Gasteiger charge is -2.29. The Kier molecular flexibility index (Phi) is 5.41. The van der Waals surface area contributed by atoms with Crippen molar-refractivity contribution in [2.75, 3.05) is 4.90 Å². The van der Waals surface area contributed by atoms with Gasteiger partial charge in [-0.3, -0.25) is 4.98 Å². The first-order chi connectivity index (χ1) is 14.3. The van der Waals surface area contributed by atoms with Crippen molar-refractivity contribution >= 4 is 23.0 Å². The van der Waals surface area contributed by atoms with Gasteiger partial charge in [0.2, 0.25) is 0 Å². The Morgan fingerprint density at radius 2 is 1.77 bits per heavy atom. The SMILES string of the molecule is Cc1ccc(N2C(=S)N[C@H](c3ccccn3)[C@H]2c2cc(C)n(C(C)C)c2C)cc1C. The van der Waals surface area contributed by atoms with Gasteiger partial charge in [-0.2, -0.15) is 0 Å². The molecule has 0 amide bonds. The summed E-state index contributed by atoms with van der Waals surface area (Å²) >= 11 is 5.87. The van der Waals surface area contributed by atoms with Crippen LogP contribution in [0, 0.1) is 27.7 Å². The highest BCUT2D eigenvalue weighted by atomic mass is 32.1. The van der Waals surface area contributed by atoms with Gasteiger partial charge in [0.25, 0.3) is 0 Å². The van der Waals surface area contributed by atoms with Crippen LogP contribution in [0.2, 0.25) is 0 Å². The fourth-order valence-electron chi connectivity index (χ4n) is 4.72. The van der Waals surface area contributed by atoms with Gasteiger partial charge >= 0.3 is 0 Å². The Morgan fingerprint density at radius 1 is 1.00 bits per heavy atom. The van der Waals surface area contributed by atoms with E-state index in [9.17, 15) is 0 Å². The lowest BCUT2D eigenvalue weighted by atomic mass is 9.96. The first-order valence-electron chi connectivity index (χ1n) is 10.6. The maximum absolute atomic E-state index is 5.87. The third kappa shape index (κ3) is 3.41. The largest absolute Gasteiger partial charge is 0.351 e. The van der Waals surface area contributed by atoms with Gasteiger partial charge in [-0.1, -0.05) is 12.1 Å². The molecule has 1 aliphatic heterocycles. The van der Waals surface area contributed by atoms with E-state index in [4.69, 9.17) is 12.2 Å². The van der Waals surface area contributed by atoms with E-state index >= 15 is 0 Å². The zero-order valence-corrected chi connectivity index (χ0v) is 19.4. The number of hydrogen-bond donors (Lipinski definition) is 1. The molecule has 1 saturated heterocycles. The fourth-order valence-corrected chi connectivity index (χ4v) is 5.07. The summed E-state index contributed by atoms with van der Waals surface area (Å²) in [4.78, 5) is 6.94. The van der Waals surface area contributed by atoms with Gasteiger partial charge in [-0.15, -0.1) is 0 Å². The van der Waals surface area contributed by atoms with E-state index in [0.717, 1.165) is 16.5 Å². The molecule has 4 nitrogen and oxygen atoms in total. The minimum absolute atomic E-state index is 0.0126. The van der Waals surface area contributed by atoms with Crippen molar-refractivity contribution in [2.45, 2.75) is 59.7 Å². The average Bonchev–Trinajstić information content (AvgIpc) is 3.20. The van der Waals surface area contributed by atoms with Crippen LogP contribution in [0.15, 0.2) is 48.7 Å². The quantitative estimate of drug-likeness (QED) is 0.537. The third-order valence-corrected chi connectivity index (χ3v) is 6.54. The zero-order chi connectivity index (χ0) is 21.6. The van der Waals surface area contributed by atoms with Crippen LogP contribution in [0.1, 0.15) is 65.7 Å². The molecule has 2 aromatic heterocycles. The molecule has 30 heavy (non-hydrogen) atoms. The molecule has 5 heteroatoms. The first kappa shape index (κ1) is 20.6. The number of anilines is 1. The van der Waals surface area contributed by atoms with E-state index in [1.807, 2.05) is 18.3 Å². The maximum Gasteiger partial charge on any atom is 0.174 e. The molecule has 3 aromatic rings. The topological polar surface area (TPSA) is 33.1 Å². The van der Waals surface area contributed by atoms with Gasteiger partial charge in [0.15, 0.2) is 5.11 Å². The van der Waals surface area contributed by atoms with Crippen LogP contribution in [0.3, 0.4) is 0 Å². The van der Waals surface area contributed by atoms with Gasteiger partial charge < -0.3 is 14.8 Å². The fraction of sp³-hybridized carbons (Fsp3) is 0.360. The van der Waals surface area contributed by atoms with Crippen molar-refractivity contribution in [1.29, 1.82) is 0 Å². The number of rotatable bonds is 4. The lowest BCUT2D eigenvalue weighted by molar-refractivity contribution is 0.547. The number of hydrogen-bond acceptors (Lipinski definition) is 2. The van der Waals surface area contributed by atoms with Gasteiger partial charge in [-0.25, -0.2) is 0 Å². The summed E-state index contributed by atoms with van der Waals surface area (Å²) in [6, 6.07) is 15.4. The van der Waals surface area contributed by atoms with E-state index in [-0.39, 0.29) is 12.1 Å². The molecular formula is C25H30N4S. The Morgan fingerprint density at radius 3 is 2.37 bits per heavy atom. The molecule has 156 valence electrons. The van der Waals surface area contributed by atoms with E-state index in [1.165, 1.54) is 28.1 Å². The van der Waals surface area contributed by atoms with Crippen molar-refractivity contribution in [3.8, 4) is 0 Å². The van der Waals surface area contributed by atoms with E-state index < -0.39 is 0 Å². The minimum atomic E-state index is -0.0126. The van der Waals surface area contributed by atoms with Crippen molar-refractivity contribution in [3.05, 3.63) is 82.4 Å². The Labute approximate surface area is 184 Å². The molecule has 0 bridgehead atoms. The van der Waals surface area contributed by atoms with E-state index in [1.54, 1.807) is 0 Å². The van der Waals surface area contributed by atoms with Crippen LogP contribution in [0.25, 0.3) is 0 Å². The van der Waals surface area contributed by atoms with E-state index in [2.05, 4.69) is 91.6 Å². The second-order valence-corrected chi connectivity index (χ2v) is 8.94. The minimum Gasteiger partial charge on any atom is -0.351 e. The molecule has 0 spiro atoms. The van der Waals surface area contributed by atoms with Crippen LogP contribution in [0.4, 0.5) is 5.69 Å². The van der Waals surface area contributed by atoms with Gasteiger partial charge in [0.1, 0.15) is 0 Å². The van der Waals surface area contributed by atoms with Crippen molar-refractivity contribution in [3.63, 3.8) is 0 Å². The summed E-state index contributed by atoms with van der Waals surface area (Å²) in [6.45, 7) is 13.2. The molecule has 1 aromatic carbocycles. The normalized spacial score (nSPS) is 18.9. The number of aromatic nitrogens is 2. The predicted molar refractivity (Wildman–Crippen MR) is 128 cm³/mol. The number of nitrogens with one attached hydrogen (secondary N) is 1. The molecule has 1 N–H and O–H groups in total. The average molecular weight is 419 g/mol. The number of nitrogens with zero attached hydrogens (tertiary/aromatic N) is 3. The van der Waals surface area contributed by atoms with Crippen molar-refractivity contribution < 1.29 is 0 Å². The lowest BCUT2D eigenvalue weighted by Crippen LogP contribution is -2.29. The summed E-state index contributed by atoms with van der Waals surface area (Å²) in [5, 5.41) is 4.32. The van der Waals surface area contributed by atoms with Gasteiger partial charge in [0, 0.05) is 29.3 Å². The highest BCUT2D eigenvalue weighted by Crippen LogP contribution is 2.43. The van der Waals surface area contributed by atoms with Gasteiger partial charge in [0.05, 0.1) is 17.8 Å². The Balaban J connectivity index is 1.90. The number of benzene rings is 1. The molecule has 0 radical (unpaired) electrons. The molecule has 0 aliphatic carbocycles. The molecule has 4 rings (SSSR count). The monoisotopic (exact) mass is 418 g/mol. The Hall–Kier alpha value is -2.66. The molecular weight excluding hydrogens is 388 g/mol. The van der Waals surface area contributed by atoms with Crippen molar-refractivity contribution in [2.24, 2.45) is 0 Å². The third-order valence-electron chi connectivity index (χ3n) is 6.23. The summed E-state index contributed by atoms with van der Waals surface area (Å²) in [6.07, 6.45) is 1.85. The second kappa shape index (κ2) is 7.88. The summed E-state index contributed by atoms with van der Waals surface area (Å²) in [7, 11) is 0. The second-order valence-electron chi connectivity index (χ2n) is 8.56. The maximum atomic E-state index is 5.87. The summed E-state index contributed by atoms with van der Waals surface area (Å²) in [5.74, 6) is 0. The Bertz CT molecular complexity index is 1080. The molecule has 1 fully saturated rings.